The lowest BCUT2D eigenvalue weighted by molar-refractivity contribution is -0.119. The molecule has 1 amide bonds. The van der Waals surface area contributed by atoms with Crippen molar-refractivity contribution >= 4 is 21.6 Å². The lowest BCUT2D eigenvalue weighted by atomic mass is 10.0. The first kappa shape index (κ1) is 20.1. The summed E-state index contributed by atoms with van der Waals surface area (Å²) in [5.41, 5.74) is 3.09. The second-order valence-corrected chi connectivity index (χ2v) is 10.0. The Kier molecular flexibility index (Phi) is 5.25. The molecule has 0 bridgehead atoms. The van der Waals surface area contributed by atoms with E-state index in [2.05, 4.69) is 12.0 Å². The molecule has 7 nitrogen and oxygen atoms in total. The van der Waals surface area contributed by atoms with E-state index in [0.29, 0.717) is 36.9 Å². The van der Waals surface area contributed by atoms with E-state index in [4.69, 9.17) is 0 Å². The largest absolute Gasteiger partial charge is 0.310 e. The summed E-state index contributed by atoms with van der Waals surface area (Å²) >= 11 is 0. The van der Waals surface area contributed by atoms with Gasteiger partial charge in [-0.1, -0.05) is 25.1 Å². The molecule has 4 rings (SSSR count). The highest BCUT2D eigenvalue weighted by atomic mass is 32.2. The predicted octanol–water partition coefficient (Wildman–Crippen LogP) is 2.51. The molecule has 3 heterocycles. The maximum atomic E-state index is 13.2. The second-order valence-electron chi connectivity index (χ2n) is 8.17. The standard InChI is InChI=1S/C21H28N4O3S/c1-15-8-11-23(12-9-15)29(27,28)21-16(2)22-25(17(21)3)14-20(26)24-13-10-18-6-4-5-7-19(18)24/h4-7,15H,8-14H2,1-3H3. The quantitative estimate of drug-likeness (QED) is 0.768. The molecule has 8 heteroatoms. The van der Waals surface area contributed by atoms with Crippen molar-refractivity contribution in [2.24, 2.45) is 5.92 Å². The fourth-order valence-electron chi connectivity index (χ4n) is 4.37. The van der Waals surface area contributed by atoms with E-state index in [1.54, 1.807) is 23.1 Å². The molecule has 2 aliphatic heterocycles. The van der Waals surface area contributed by atoms with Crippen LogP contribution >= 0.6 is 0 Å². The summed E-state index contributed by atoms with van der Waals surface area (Å²) < 4.78 is 29.6. The number of piperidine rings is 1. The van der Waals surface area contributed by atoms with Crippen LogP contribution in [0.2, 0.25) is 0 Å². The zero-order valence-electron chi connectivity index (χ0n) is 17.3. The Bertz CT molecular complexity index is 1040. The van der Waals surface area contributed by atoms with Gasteiger partial charge in [0, 0.05) is 25.3 Å². The summed E-state index contributed by atoms with van der Waals surface area (Å²) in [4.78, 5) is 15.0. The third-order valence-corrected chi connectivity index (χ3v) is 8.28. The number of hydrogen-bond acceptors (Lipinski definition) is 4. The van der Waals surface area contributed by atoms with Gasteiger partial charge in [0.25, 0.3) is 0 Å². The molecular weight excluding hydrogens is 388 g/mol. The van der Waals surface area contributed by atoms with Crippen molar-refractivity contribution in [2.45, 2.75) is 51.5 Å². The van der Waals surface area contributed by atoms with Gasteiger partial charge in [-0.2, -0.15) is 9.40 Å². The molecule has 0 unspecified atom stereocenters. The summed E-state index contributed by atoms with van der Waals surface area (Å²) in [6.07, 6.45) is 2.59. The van der Waals surface area contributed by atoms with Crippen molar-refractivity contribution in [3.05, 3.63) is 41.2 Å². The third kappa shape index (κ3) is 3.59. The Morgan fingerprint density at radius 3 is 2.55 bits per heavy atom. The van der Waals surface area contributed by atoms with Gasteiger partial charge in [-0.25, -0.2) is 8.42 Å². The van der Waals surface area contributed by atoms with E-state index in [1.807, 2.05) is 24.3 Å². The molecule has 1 fully saturated rings. The first-order valence-electron chi connectivity index (χ1n) is 10.2. The van der Waals surface area contributed by atoms with E-state index < -0.39 is 10.0 Å². The molecule has 0 saturated carbocycles. The number of sulfonamides is 1. The Balaban J connectivity index is 1.57. The fourth-order valence-corrected chi connectivity index (χ4v) is 6.22. The predicted molar refractivity (Wildman–Crippen MR) is 111 cm³/mol. The smallest absolute Gasteiger partial charge is 0.248 e. The van der Waals surface area contributed by atoms with Crippen LogP contribution in [0.25, 0.3) is 0 Å². The van der Waals surface area contributed by atoms with Gasteiger partial charge in [0.15, 0.2) is 0 Å². The third-order valence-electron chi connectivity index (χ3n) is 6.13. The van der Waals surface area contributed by atoms with Crippen molar-refractivity contribution < 1.29 is 13.2 Å². The number of nitrogens with zero attached hydrogens (tertiary/aromatic N) is 4. The van der Waals surface area contributed by atoms with Crippen molar-refractivity contribution in [3.63, 3.8) is 0 Å². The Morgan fingerprint density at radius 1 is 1.14 bits per heavy atom. The molecule has 2 aliphatic rings. The lowest BCUT2D eigenvalue weighted by Crippen LogP contribution is -2.38. The highest BCUT2D eigenvalue weighted by Gasteiger charge is 2.33. The SMILES string of the molecule is Cc1nn(CC(=O)N2CCc3ccccc32)c(C)c1S(=O)(=O)N1CCC(C)CC1. The molecule has 0 spiro atoms. The van der Waals surface area contributed by atoms with Crippen LogP contribution < -0.4 is 4.90 Å². The summed E-state index contributed by atoms with van der Waals surface area (Å²) in [7, 11) is -3.60. The minimum absolute atomic E-state index is 0.0353. The Hall–Kier alpha value is -2.19. The summed E-state index contributed by atoms with van der Waals surface area (Å²) in [5.74, 6) is 0.476. The van der Waals surface area contributed by atoms with Crippen molar-refractivity contribution in [1.82, 2.24) is 14.1 Å². The summed E-state index contributed by atoms with van der Waals surface area (Å²) in [5, 5.41) is 4.42. The van der Waals surface area contributed by atoms with Gasteiger partial charge < -0.3 is 4.90 Å². The van der Waals surface area contributed by atoms with Gasteiger partial charge >= 0.3 is 0 Å². The molecule has 1 saturated heterocycles. The Labute approximate surface area is 172 Å². The van der Waals surface area contributed by atoms with Gasteiger partial charge in [0.05, 0.1) is 11.4 Å². The van der Waals surface area contributed by atoms with Gasteiger partial charge in [-0.05, 0) is 50.7 Å². The molecule has 0 radical (unpaired) electrons. The highest BCUT2D eigenvalue weighted by molar-refractivity contribution is 7.89. The van der Waals surface area contributed by atoms with Crippen LogP contribution in [0.15, 0.2) is 29.2 Å². The maximum Gasteiger partial charge on any atom is 0.248 e. The normalized spacial score (nSPS) is 18.2. The average Bonchev–Trinajstić information content (AvgIpc) is 3.23. The molecule has 0 atom stereocenters. The van der Waals surface area contributed by atoms with E-state index >= 15 is 0 Å². The fraction of sp³-hybridized carbons (Fsp3) is 0.524. The molecule has 1 aromatic heterocycles. The van der Waals surface area contributed by atoms with E-state index in [0.717, 1.165) is 30.5 Å². The number of carbonyl (C=O) groups is 1. The number of para-hydroxylation sites is 1. The van der Waals surface area contributed by atoms with E-state index in [1.165, 1.54) is 4.68 Å². The summed E-state index contributed by atoms with van der Waals surface area (Å²) in [6, 6.07) is 7.90. The second kappa shape index (κ2) is 7.57. The number of aryl methyl sites for hydroxylation is 1. The van der Waals surface area contributed by atoms with Crippen LogP contribution in [0.5, 0.6) is 0 Å². The number of carbonyl (C=O) groups excluding carboxylic acids is 1. The van der Waals surface area contributed by atoms with Crippen molar-refractivity contribution in [1.29, 1.82) is 0 Å². The molecular formula is C21H28N4O3S. The van der Waals surface area contributed by atoms with Crippen LogP contribution in [0.4, 0.5) is 5.69 Å². The van der Waals surface area contributed by atoms with Crippen LogP contribution in [0.1, 0.15) is 36.7 Å². The van der Waals surface area contributed by atoms with Crippen molar-refractivity contribution in [2.75, 3.05) is 24.5 Å². The van der Waals surface area contributed by atoms with Gasteiger partial charge in [0.1, 0.15) is 11.4 Å². The first-order chi connectivity index (χ1) is 13.8. The topological polar surface area (TPSA) is 75.5 Å². The number of anilines is 1. The molecule has 29 heavy (non-hydrogen) atoms. The van der Waals surface area contributed by atoms with Gasteiger partial charge in [-0.15, -0.1) is 0 Å². The van der Waals surface area contributed by atoms with Gasteiger partial charge in [-0.3, -0.25) is 9.48 Å². The molecule has 1 aromatic carbocycles. The molecule has 0 N–H and O–H groups in total. The molecule has 0 aliphatic carbocycles. The summed E-state index contributed by atoms with van der Waals surface area (Å²) in [6.45, 7) is 7.36. The van der Waals surface area contributed by atoms with E-state index in [9.17, 15) is 13.2 Å². The number of fused-ring (bicyclic) bond motifs is 1. The number of amides is 1. The highest BCUT2D eigenvalue weighted by Crippen LogP contribution is 2.29. The zero-order chi connectivity index (χ0) is 20.8. The number of rotatable bonds is 4. The van der Waals surface area contributed by atoms with Crippen molar-refractivity contribution in [3.8, 4) is 0 Å². The van der Waals surface area contributed by atoms with Crippen LogP contribution in [-0.4, -0.2) is 48.0 Å². The van der Waals surface area contributed by atoms with Gasteiger partial charge in [0.2, 0.25) is 15.9 Å². The van der Waals surface area contributed by atoms with Crippen LogP contribution in [0.3, 0.4) is 0 Å². The zero-order valence-corrected chi connectivity index (χ0v) is 18.1. The van der Waals surface area contributed by atoms with Crippen LogP contribution in [0, 0.1) is 19.8 Å². The minimum atomic E-state index is -3.60. The monoisotopic (exact) mass is 416 g/mol. The number of aromatic nitrogens is 2. The maximum absolute atomic E-state index is 13.2. The van der Waals surface area contributed by atoms with Crippen LogP contribution in [-0.2, 0) is 27.8 Å². The minimum Gasteiger partial charge on any atom is -0.310 e. The average molecular weight is 417 g/mol. The Morgan fingerprint density at radius 2 is 1.83 bits per heavy atom. The number of benzene rings is 1. The number of hydrogen-bond donors (Lipinski definition) is 0. The first-order valence-corrected chi connectivity index (χ1v) is 11.7. The molecule has 156 valence electrons. The molecule has 2 aromatic rings. The van der Waals surface area contributed by atoms with E-state index in [-0.39, 0.29) is 17.3 Å². The lowest BCUT2D eigenvalue weighted by Gasteiger charge is -2.29.